The summed E-state index contributed by atoms with van der Waals surface area (Å²) in [7, 11) is 1.64. The number of para-hydroxylation sites is 1. The minimum atomic E-state index is -0.111. The smallest absolute Gasteiger partial charge is 0.251 e. The minimum Gasteiger partial charge on any atom is -0.361 e. The Bertz CT molecular complexity index is 1290. The van der Waals surface area contributed by atoms with Gasteiger partial charge < -0.3 is 10.6 Å². The molecule has 0 radical (unpaired) electrons. The van der Waals surface area contributed by atoms with Gasteiger partial charge in [-0.15, -0.1) is 11.8 Å². The van der Waals surface area contributed by atoms with Gasteiger partial charge in [-0.2, -0.15) is 0 Å². The number of nitrogens with zero attached hydrogens (tertiary/aromatic N) is 4. The van der Waals surface area contributed by atoms with Gasteiger partial charge >= 0.3 is 0 Å². The van der Waals surface area contributed by atoms with Crippen molar-refractivity contribution in [2.45, 2.75) is 31.9 Å². The lowest BCUT2D eigenvalue weighted by atomic mass is 10.0. The maximum Gasteiger partial charge on any atom is 0.251 e. The number of carbonyl (C=O) groups is 1. The Labute approximate surface area is 203 Å². The molecule has 4 aromatic rings. The van der Waals surface area contributed by atoms with Crippen molar-refractivity contribution in [2.75, 3.05) is 18.2 Å². The van der Waals surface area contributed by atoms with E-state index in [-0.39, 0.29) is 11.2 Å². The van der Waals surface area contributed by atoms with Crippen LogP contribution in [0, 0.1) is 0 Å². The number of anilines is 1. The van der Waals surface area contributed by atoms with Gasteiger partial charge in [0.15, 0.2) is 0 Å². The molecule has 0 aliphatic carbocycles. The molecule has 0 saturated heterocycles. The molecule has 174 valence electrons. The van der Waals surface area contributed by atoms with Crippen LogP contribution in [0.3, 0.4) is 0 Å². The second kappa shape index (κ2) is 10.6. The summed E-state index contributed by atoms with van der Waals surface area (Å²) < 4.78 is 0. The molecule has 7 nitrogen and oxygen atoms in total. The predicted molar refractivity (Wildman–Crippen MR) is 139 cm³/mol. The van der Waals surface area contributed by atoms with Crippen molar-refractivity contribution in [2.24, 2.45) is 0 Å². The SMILES string of the molecule is CNC(=O)c1ccnc2c(C(C)SCNc3cc(-c4ccc(C(C)C)nc4)ncn3)cccc12. The van der Waals surface area contributed by atoms with Crippen LogP contribution in [0.1, 0.15) is 53.6 Å². The molecular weight excluding hydrogens is 444 g/mol. The summed E-state index contributed by atoms with van der Waals surface area (Å²) in [6.45, 7) is 6.40. The summed E-state index contributed by atoms with van der Waals surface area (Å²) in [5.74, 6) is 1.70. The van der Waals surface area contributed by atoms with E-state index in [1.54, 1.807) is 37.4 Å². The lowest BCUT2D eigenvalue weighted by Gasteiger charge is -2.15. The van der Waals surface area contributed by atoms with Crippen molar-refractivity contribution >= 4 is 34.4 Å². The molecule has 0 bridgehead atoms. The molecule has 1 amide bonds. The van der Waals surface area contributed by atoms with E-state index in [1.807, 2.05) is 36.5 Å². The zero-order valence-electron chi connectivity index (χ0n) is 19.7. The van der Waals surface area contributed by atoms with Crippen LogP contribution in [0.25, 0.3) is 22.2 Å². The van der Waals surface area contributed by atoms with Crippen LogP contribution < -0.4 is 10.6 Å². The highest BCUT2D eigenvalue weighted by Crippen LogP contribution is 2.33. The maximum atomic E-state index is 12.2. The molecule has 1 unspecified atom stereocenters. The molecule has 1 atom stereocenters. The van der Waals surface area contributed by atoms with E-state index in [2.05, 4.69) is 57.4 Å². The van der Waals surface area contributed by atoms with Crippen molar-refractivity contribution in [1.82, 2.24) is 25.3 Å². The van der Waals surface area contributed by atoms with E-state index in [0.717, 1.165) is 39.2 Å². The van der Waals surface area contributed by atoms with Gasteiger partial charge in [0.2, 0.25) is 0 Å². The molecule has 8 heteroatoms. The second-order valence-electron chi connectivity index (χ2n) is 8.23. The highest BCUT2D eigenvalue weighted by atomic mass is 32.2. The number of benzene rings is 1. The second-order valence-corrected chi connectivity index (χ2v) is 9.56. The van der Waals surface area contributed by atoms with E-state index in [9.17, 15) is 4.79 Å². The Balaban J connectivity index is 1.45. The van der Waals surface area contributed by atoms with Crippen LogP contribution >= 0.6 is 11.8 Å². The van der Waals surface area contributed by atoms with Gasteiger partial charge in [0.1, 0.15) is 12.1 Å². The largest absolute Gasteiger partial charge is 0.361 e. The van der Waals surface area contributed by atoms with Crippen molar-refractivity contribution in [3.8, 4) is 11.3 Å². The number of thioether (sulfide) groups is 1. The first-order chi connectivity index (χ1) is 16.5. The van der Waals surface area contributed by atoms with Crippen LogP contribution in [-0.4, -0.2) is 38.8 Å². The van der Waals surface area contributed by atoms with Crippen LogP contribution in [0.5, 0.6) is 0 Å². The van der Waals surface area contributed by atoms with Gasteiger partial charge in [-0.05, 0) is 36.6 Å². The Hall–Kier alpha value is -3.52. The number of amides is 1. The van der Waals surface area contributed by atoms with E-state index < -0.39 is 0 Å². The van der Waals surface area contributed by atoms with Gasteiger partial charge in [-0.25, -0.2) is 9.97 Å². The summed E-state index contributed by atoms with van der Waals surface area (Å²) in [6, 6.07) is 13.8. The number of rotatable bonds is 8. The topological polar surface area (TPSA) is 92.7 Å². The summed E-state index contributed by atoms with van der Waals surface area (Å²) in [6.07, 6.45) is 5.12. The average molecular weight is 473 g/mol. The highest BCUT2D eigenvalue weighted by Gasteiger charge is 2.15. The molecule has 0 aliphatic heterocycles. The molecule has 0 fully saturated rings. The number of fused-ring (bicyclic) bond motifs is 1. The van der Waals surface area contributed by atoms with Crippen molar-refractivity contribution in [3.05, 3.63) is 78.0 Å². The molecular formula is C26H28N6OS. The number of hydrogen-bond acceptors (Lipinski definition) is 7. The Morgan fingerprint density at radius 3 is 2.62 bits per heavy atom. The fraction of sp³-hybridized carbons (Fsp3) is 0.269. The lowest BCUT2D eigenvalue weighted by molar-refractivity contribution is 0.0964. The Kier molecular flexibility index (Phi) is 7.37. The first-order valence-electron chi connectivity index (χ1n) is 11.2. The third-order valence-corrected chi connectivity index (χ3v) is 6.70. The third kappa shape index (κ3) is 5.17. The van der Waals surface area contributed by atoms with Crippen LogP contribution in [-0.2, 0) is 0 Å². The van der Waals surface area contributed by atoms with Gasteiger partial charge in [0.05, 0.1) is 22.7 Å². The highest BCUT2D eigenvalue weighted by molar-refractivity contribution is 7.99. The molecule has 0 saturated carbocycles. The summed E-state index contributed by atoms with van der Waals surface area (Å²) >= 11 is 1.74. The number of aromatic nitrogens is 4. The summed E-state index contributed by atoms with van der Waals surface area (Å²) in [5.41, 5.74) is 5.43. The van der Waals surface area contributed by atoms with E-state index in [0.29, 0.717) is 17.4 Å². The van der Waals surface area contributed by atoms with Crippen LogP contribution in [0.4, 0.5) is 5.82 Å². The fourth-order valence-electron chi connectivity index (χ4n) is 3.70. The fourth-order valence-corrected chi connectivity index (χ4v) is 4.55. The van der Waals surface area contributed by atoms with E-state index >= 15 is 0 Å². The maximum absolute atomic E-state index is 12.2. The molecule has 34 heavy (non-hydrogen) atoms. The zero-order chi connectivity index (χ0) is 24.1. The number of pyridine rings is 2. The van der Waals surface area contributed by atoms with E-state index in [4.69, 9.17) is 0 Å². The lowest BCUT2D eigenvalue weighted by Crippen LogP contribution is -2.18. The molecule has 2 N–H and O–H groups in total. The molecule has 3 aromatic heterocycles. The first kappa shape index (κ1) is 23.6. The molecule has 0 aliphatic rings. The summed E-state index contributed by atoms with van der Waals surface area (Å²) in [4.78, 5) is 30.1. The molecule has 4 rings (SSSR count). The Morgan fingerprint density at radius 2 is 1.88 bits per heavy atom. The van der Waals surface area contributed by atoms with Crippen molar-refractivity contribution < 1.29 is 4.79 Å². The van der Waals surface area contributed by atoms with Crippen LogP contribution in [0.15, 0.2) is 61.2 Å². The molecule has 1 aromatic carbocycles. The Morgan fingerprint density at radius 1 is 1.03 bits per heavy atom. The molecule has 3 heterocycles. The van der Waals surface area contributed by atoms with Gasteiger partial charge in [0.25, 0.3) is 5.91 Å². The normalized spacial score (nSPS) is 12.0. The van der Waals surface area contributed by atoms with Crippen LogP contribution in [0.2, 0.25) is 0 Å². The predicted octanol–water partition coefficient (Wildman–Crippen LogP) is 5.43. The number of nitrogens with one attached hydrogen (secondary N) is 2. The van der Waals surface area contributed by atoms with Gasteiger partial charge in [-0.1, -0.05) is 32.0 Å². The first-order valence-corrected chi connectivity index (χ1v) is 12.3. The van der Waals surface area contributed by atoms with E-state index in [1.165, 1.54) is 0 Å². The number of carbonyl (C=O) groups excluding carboxylic acids is 1. The average Bonchev–Trinajstić information content (AvgIpc) is 2.87. The summed E-state index contributed by atoms with van der Waals surface area (Å²) in [5, 5.41) is 7.10. The number of hydrogen-bond donors (Lipinski definition) is 2. The van der Waals surface area contributed by atoms with Gasteiger partial charge in [-0.3, -0.25) is 14.8 Å². The quantitative estimate of drug-likeness (QED) is 0.330. The van der Waals surface area contributed by atoms with Gasteiger partial charge in [0, 0.05) is 47.4 Å². The zero-order valence-corrected chi connectivity index (χ0v) is 20.6. The third-order valence-electron chi connectivity index (χ3n) is 5.64. The monoisotopic (exact) mass is 472 g/mol. The minimum absolute atomic E-state index is 0.111. The van der Waals surface area contributed by atoms with Crippen molar-refractivity contribution in [1.29, 1.82) is 0 Å². The van der Waals surface area contributed by atoms with Crippen molar-refractivity contribution in [3.63, 3.8) is 0 Å². The standard InChI is InChI=1S/C26H28N6OS/c1-16(2)22-9-8-18(13-29-22)23-12-24(31-14-30-23)32-15-34-17(3)19-6-5-7-20-21(26(33)27-4)10-11-28-25(19)20/h5-14,16-17H,15H2,1-4H3,(H,27,33)(H,30,31,32). The molecule has 0 spiro atoms.